The third-order valence-electron chi connectivity index (χ3n) is 5.53. The predicted molar refractivity (Wildman–Crippen MR) is 71.5 cm³/mol. The van der Waals surface area contributed by atoms with Gasteiger partial charge in [-0.05, 0) is 62.3 Å². The maximum atomic E-state index is 5.59. The monoisotopic (exact) mass is 261 g/mol. The minimum absolute atomic E-state index is 0.565. The third kappa shape index (κ3) is 2.00. The maximum absolute atomic E-state index is 5.59. The molecule has 1 N–H and O–H groups in total. The highest BCUT2D eigenvalue weighted by Crippen LogP contribution is 2.59. The van der Waals surface area contributed by atoms with Crippen LogP contribution in [0.1, 0.15) is 56.7 Å². The van der Waals surface area contributed by atoms with E-state index in [4.69, 9.17) is 4.52 Å². The lowest BCUT2D eigenvalue weighted by Crippen LogP contribution is -2.43. The number of nitrogens with zero attached hydrogens (tertiary/aromatic N) is 2. The Hall–Kier alpha value is -0.900. The Bertz CT molecular complexity index is 428. The topological polar surface area (TPSA) is 51.0 Å². The summed E-state index contributed by atoms with van der Waals surface area (Å²) in [6, 6.07) is 0. The van der Waals surface area contributed by atoms with Crippen LogP contribution < -0.4 is 5.32 Å². The van der Waals surface area contributed by atoms with Crippen LogP contribution >= 0.6 is 0 Å². The van der Waals surface area contributed by atoms with Gasteiger partial charge >= 0.3 is 0 Å². The van der Waals surface area contributed by atoms with Crippen molar-refractivity contribution in [2.24, 2.45) is 23.7 Å². The number of hydrogen-bond acceptors (Lipinski definition) is 4. The van der Waals surface area contributed by atoms with Crippen molar-refractivity contribution in [3.8, 4) is 0 Å². The van der Waals surface area contributed by atoms with E-state index in [-0.39, 0.29) is 0 Å². The van der Waals surface area contributed by atoms with E-state index >= 15 is 0 Å². The van der Waals surface area contributed by atoms with E-state index in [9.17, 15) is 0 Å². The molecule has 0 unspecified atom stereocenters. The summed E-state index contributed by atoms with van der Waals surface area (Å²) in [5.41, 5.74) is 0. The van der Waals surface area contributed by atoms with Crippen LogP contribution in [0.2, 0.25) is 0 Å². The molecule has 1 heterocycles. The molecule has 0 spiro atoms. The van der Waals surface area contributed by atoms with Crippen LogP contribution in [0, 0.1) is 23.7 Å². The molecule has 104 valence electrons. The van der Waals surface area contributed by atoms with Crippen LogP contribution in [0.3, 0.4) is 0 Å². The van der Waals surface area contributed by atoms with Gasteiger partial charge in [0.2, 0.25) is 5.89 Å². The highest BCUT2D eigenvalue weighted by molar-refractivity contribution is 5.09. The van der Waals surface area contributed by atoms with Gasteiger partial charge in [-0.2, -0.15) is 4.98 Å². The van der Waals surface area contributed by atoms with Gasteiger partial charge in [0.15, 0.2) is 5.82 Å². The maximum Gasteiger partial charge on any atom is 0.230 e. The highest BCUT2D eigenvalue weighted by Gasteiger charge is 2.50. The summed E-state index contributed by atoms with van der Waals surface area (Å²) in [5, 5.41) is 7.40. The lowest BCUT2D eigenvalue weighted by molar-refractivity contribution is -0.0131. The quantitative estimate of drug-likeness (QED) is 0.905. The van der Waals surface area contributed by atoms with Gasteiger partial charge in [-0.1, -0.05) is 12.1 Å². The standard InChI is InChI=1S/C15H23N3O/c1-2-16-8-13-17-15(19-18-13)14-11-4-9-3-10(6-11)7-12(14)5-9/h9-12,14,16H,2-8H2,1H3. The lowest BCUT2D eigenvalue weighted by Gasteiger charge is -2.53. The molecule has 0 aliphatic heterocycles. The van der Waals surface area contributed by atoms with Crippen LogP contribution in [0.15, 0.2) is 4.52 Å². The zero-order valence-corrected chi connectivity index (χ0v) is 11.6. The molecule has 5 rings (SSSR count). The third-order valence-corrected chi connectivity index (χ3v) is 5.53. The fraction of sp³-hybridized carbons (Fsp3) is 0.867. The van der Waals surface area contributed by atoms with Crippen molar-refractivity contribution in [3.05, 3.63) is 11.7 Å². The van der Waals surface area contributed by atoms with Gasteiger partial charge in [0.1, 0.15) is 0 Å². The molecule has 4 heteroatoms. The molecular formula is C15H23N3O. The summed E-state index contributed by atoms with van der Waals surface area (Å²) in [6.07, 6.45) is 7.12. The summed E-state index contributed by atoms with van der Waals surface area (Å²) < 4.78 is 5.59. The van der Waals surface area contributed by atoms with E-state index in [0.29, 0.717) is 5.92 Å². The molecule has 4 aliphatic rings. The molecule has 0 radical (unpaired) electrons. The second kappa shape index (κ2) is 4.58. The molecule has 0 amide bonds. The molecule has 4 aliphatic carbocycles. The second-order valence-electron chi connectivity index (χ2n) is 6.79. The van der Waals surface area contributed by atoms with Crippen molar-refractivity contribution in [2.75, 3.05) is 6.54 Å². The SMILES string of the molecule is CCNCc1noc(C2C3CC4CC(C3)CC2C4)n1. The summed E-state index contributed by atoms with van der Waals surface area (Å²) in [5.74, 6) is 5.97. The fourth-order valence-corrected chi connectivity index (χ4v) is 5.04. The van der Waals surface area contributed by atoms with E-state index in [1.165, 1.54) is 32.1 Å². The molecule has 4 fully saturated rings. The van der Waals surface area contributed by atoms with Gasteiger partial charge in [-0.15, -0.1) is 0 Å². The van der Waals surface area contributed by atoms with Crippen molar-refractivity contribution >= 4 is 0 Å². The Labute approximate surface area is 114 Å². The first-order valence-corrected chi connectivity index (χ1v) is 7.86. The molecule has 0 aromatic carbocycles. The molecular weight excluding hydrogens is 238 g/mol. The van der Waals surface area contributed by atoms with Gasteiger partial charge in [-0.3, -0.25) is 0 Å². The molecule has 4 bridgehead atoms. The minimum Gasteiger partial charge on any atom is -0.339 e. The number of rotatable bonds is 4. The van der Waals surface area contributed by atoms with Crippen molar-refractivity contribution in [3.63, 3.8) is 0 Å². The summed E-state index contributed by atoms with van der Waals surface area (Å²) in [4.78, 5) is 4.65. The molecule has 0 saturated heterocycles. The normalized spacial score (nSPS) is 39.9. The van der Waals surface area contributed by atoms with E-state index in [1.54, 1.807) is 0 Å². The summed E-state index contributed by atoms with van der Waals surface area (Å²) in [6.45, 7) is 3.77. The van der Waals surface area contributed by atoms with Crippen molar-refractivity contribution in [1.82, 2.24) is 15.5 Å². The average molecular weight is 261 g/mol. The molecule has 4 saturated carbocycles. The summed E-state index contributed by atoms with van der Waals surface area (Å²) >= 11 is 0. The average Bonchev–Trinajstić information content (AvgIpc) is 2.83. The van der Waals surface area contributed by atoms with E-state index < -0.39 is 0 Å². The van der Waals surface area contributed by atoms with Gasteiger partial charge in [0.05, 0.1) is 6.54 Å². The highest BCUT2D eigenvalue weighted by atomic mass is 16.5. The first kappa shape index (κ1) is 11.9. The van der Waals surface area contributed by atoms with E-state index in [1.807, 2.05) is 0 Å². The Morgan fingerprint density at radius 2 is 1.79 bits per heavy atom. The zero-order chi connectivity index (χ0) is 12.8. The van der Waals surface area contributed by atoms with E-state index in [0.717, 1.165) is 48.5 Å². The van der Waals surface area contributed by atoms with Crippen molar-refractivity contribution in [2.45, 2.75) is 51.5 Å². The van der Waals surface area contributed by atoms with Crippen molar-refractivity contribution in [1.29, 1.82) is 0 Å². The Morgan fingerprint density at radius 1 is 1.11 bits per heavy atom. The van der Waals surface area contributed by atoms with Crippen LogP contribution in [0.4, 0.5) is 0 Å². The van der Waals surface area contributed by atoms with Crippen LogP contribution in [-0.4, -0.2) is 16.7 Å². The van der Waals surface area contributed by atoms with Crippen LogP contribution in [-0.2, 0) is 6.54 Å². The number of hydrogen-bond donors (Lipinski definition) is 1. The van der Waals surface area contributed by atoms with Crippen molar-refractivity contribution < 1.29 is 4.52 Å². The summed E-state index contributed by atoms with van der Waals surface area (Å²) in [7, 11) is 0. The smallest absolute Gasteiger partial charge is 0.230 e. The Morgan fingerprint density at radius 3 is 2.42 bits per heavy atom. The Balaban J connectivity index is 1.54. The van der Waals surface area contributed by atoms with E-state index in [2.05, 4.69) is 22.4 Å². The molecule has 19 heavy (non-hydrogen) atoms. The van der Waals surface area contributed by atoms with Crippen LogP contribution in [0.25, 0.3) is 0 Å². The van der Waals surface area contributed by atoms with Gasteiger partial charge < -0.3 is 9.84 Å². The first-order valence-electron chi connectivity index (χ1n) is 7.86. The molecule has 1 aromatic heterocycles. The first-order chi connectivity index (χ1) is 9.33. The largest absolute Gasteiger partial charge is 0.339 e. The second-order valence-corrected chi connectivity index (χ2v) is 6.79. The van der Waals surface area contributed by atoms with Gasteiger partial charge in [-0.25, -0.2) is 0 Å². The van der Waals surface area contributed by atoms with Crippen LogP contribution in [0.5, 0.6) is 0 Å². The number of nitrogens with one attached hydrogen (secondary N) is 1. The molecule has 4 nitrogen and oxygen atoms in total. The molecule has 1 aromatic rings. The predicted octanol–water partition coefficient (Wildman–Crippen LogP) is 2.72. The zero-order valence-electron chi connectivity index (χ0n) is 11.6. The minimum atomic E-state index is 0.565. The fourth-order valence-electron chi connectivity index (χ4n) is 5.04. The lowest BCUT2D eigenvalue weighted by atomic mass is 9.52. The number of aromatic nitrogens is 2. The molecule has 0 atom stereocenters. The van der Waals surface area contributed by atoms with Gasteiger partial charge in [0, 0.05) is 5.92 Å². The van der Waals surface area contributed by atoms with Gasteiger partial charge in [0.25, 0.3) is 0 Å². The Kier molecular flexibility index (Phi) is 2.87.